The summed E-state index contributed by atoms with van der Waals surface area (Å²) < 4.78 is 9.20. The number of hydrogen-bond donors (Lipinski definition) is 0. The van der Waals surface area contributed by atoms with Crippen LogP contribution in [-0.4, -0.2) is 0 Å². The van der Waals surface area contributed by atoms with Gasteiger partial charge in [0.15, 0.2) is 5.58 Å². The van der Waals surface area contributed by atoms with Crippen LogP contribution in [0.15, 0.2) is 168 Å². The van der Waals surface area contributed by atoms with Crippen molar-refractivity contribution in [1.82, 2.24) is 0 Å². The van der Waals surface area contributed by atoms with Crippen molar-refractivity contribution in [3.63, 3.8) is 0 Å². The molecule has 0 bridgehead atoms. The lowest BCUT2D eigenvalue weighted by Crippen LogP contribution is -2.10. The Hall–Kier alpha value is -5.90. The van der Waals surface area contributed by atoms with E-state index in [2.05, 4.69) is 163 Å². The molecule has 0 fully saturated rings. The Balaban J connectivity index is 1.19. The normalized spacial score (nSPS) is 11.8. The van der Waals surface area contributed by atoms with Gasteiger partial charge in [0.1, 0.15) is 5.58 Å². The molecule has 0 unspecified atom stereocenters. The quantitative estimate of drug-likeness (QED) is 0.183. The zero-order valence-corrected chi connectivity index (χ0v) is 26.2. The van der Waals surface area contributed by atoms with Gasteiger partial charge in [-0.3, -0.25) is 0 Å². The molecule has 2 heterocycles. The first-order chi connectivity index (χ1) is 23.3. The fourth-order valence-corrected chi connectivity index (χ4v) is 8.28. The van der Waals surface area contributed by atoms with Gasteiger partial charge in [-0.2, -0.15) is 0 Å². The number of fused-ring (bicyclic) bond motifs is 9. The maximum absolute atomic E-state index is 6.60. The van der Waals surface area contributed by atoms with Crippen LogP contribution in [0.1, 0.15) is 0 Å². The molecule has 0 saturated heterocycles. The van der Waals surface area contributed by atoms with Crippen molar-refractivity contribution in [3.8, 4) is 11.1 Å². The number of nitrogens with zero attached hydrogens (tertiary/aromatic N) is 1. The standard InChI is InChI=1S/C44H27NOS/c1-2-9-28(10-3-1)29-19-22-34-30(25-29)17-18-31-26-32(20-23-35(31)34)45(33-21-24-43-39(27-33)37-12-5-7-16-42(37)47-43)40-14-8-13-38-36-11-4-6-15-41(36)46-44(38)40/h1-27H. The first kappa shape index (κ1) is 26.3. The van der Waals surface area contributed by atoms with E-state index in [9.17, 15) is 0 Å². The number of furan rings is 1. The highest BCUT2D eigenvalue weighted by atomic mass is 32.1. The first-order valence-corrected chi connectivity index (χ1v) is 16.7. The van der Waals surface area contributed by atoms with E-state index in [1.807, 2.05) is 17.4 Å². The summed E-state index contributed by atoms with van der Waals surface area (Å²) in [4.78, 5) is 2.36. The van der Waals surface area contributed by atoms with Gasteiger partial charge in [0, 0.05) is 42.3 Å². The van der Waals surface area contributed by atoms with Crippen LogP contribution in [0, 0.1) is 0 Å². The summed E-state index contributed by atoms with van der Waals surface area (Å²) in [7, 11) is 0. The fraction of sp³-hybridized carbons (Fsp3) is 0. The highest BCUT2D eigenvalue weighted by Gasteiger charge is 2.21. The van der Waals surface area contributed by atoms with Crippen LogP contribution in [0.25, 0.3) is 74.8 Å². The van der Waals surface area contributed by atoms with E-state index in [0.29, 0.717) is 0 Å². The Kier molecular flexibility index (Phi) is 5.78. The molecule has 10 rings (SSSR count). The summed E-state index contributed by atoms with van der Waals surface area (Å²) in [6.07, 6.45) is 0. The molecule has 0 spiro atoms. The SMILES string of the molecule is c1ccc(-c2ccc3c(ccc4cc(N(c5ccc6sc7ccccc7c6c5)c5cccc6c5oc5ccccc56)ccc43)c2)cc1. The lowest BCUT2D eigenvalue weighted by molar-refractivity contribution is 0.669. The van der Waals surface area contributed by atoms with Crippen molar-refractivity contribution in [2.75, 3.05) is 4.90 Å². The van der Waals surface area contributed by atoms with Gasteiger partial charge in [-0.25, -0.2) is 0 Å². The maximum Gasteiger partial charge on any atom is 0.159 e. The summed E-state index contributed by atoms with van der Waals surface area (Å²) in [5.41, 5.74) is 7.45. The smallest absolute Gasteiger partial charge is 0.159 e. The Labute approximate surface area is 275 Å². The molecule has 2 aromatic heterocycles. The molecule has 0 amide bonds. The third-order valence-corrected chi connectivity index (χ3v) is 10.6. The molecule has 0 saturated carbocycles. The fourth-order valence-electron chi connectivity index (χ4n) is 7.20. The zero-order valence-electron chi connectivity index (χ0n) is 25.4. The highest BCUT2D eigenvalue weighted by Crippen LogP contribution is 2.45. The van der Waals surface area contributed by atoms with Crippen LogP contribution in [-0.2, 0) is 0 Å². The number of para-hydroxylation sites is 2. The number of benzene rings is 8. The minimum Gasteiger partial charge on any atom is -0.454 e. The average Bonchev–Trinajstić information content (AvgIpc) is 3.70. The third kappa shape index (κ3) is 4.17. The van der Waals surface area contributed by atoms with Crippen molar-refractivity contribution < 1.29 is 4.42 Å². The molecule has 3 heteroatoms. The van der Waals surface area contributed by atoms with E-state index in [-0.39, 0.29) is 0 Å². The molecule has 0 aliphatic heterocycles. The lowest BCUT2D eigenvalue weighted by atomic mass is 9.97. The van der Waals surface area contributed by atoms with E-state index in [1.54, 1.807) is 0 Å². The molecule has 47 heavy (non-hydrogen) atoms. The molecule has 0 N–H and O–H groups in total. The van der Waals surface area contributed by atoms with Crippen LogP contribution in [0.3, 0.4) is 0 Å². The van der Waals surface area contributed by atoms with E-state index in [4.69, 9.17) is 4.42 Å². The van der Waals surface area contributed by atoms with Crippen molar-refractivity contribution in [2.45, 2.75) is 0 Å². The summed E-state index contributed by atoms with van der Waals surface area (Å²) in [5, 5.41) is 9.74. The second-order valence-corrected chi connectivity index (χ2v) is 13.2. The van der Waals surface area contributed by atoms with Gasteiger partial charge in [-0.05, 0) is 87.3 Å². The maximum atomic E-state index is 6.60. The Bertz CT molecular complexity index is 2810. The van der Waals surface area contributed by atoms with Crippen LogP contribution >= 0.6 is 11.3 Å². The molecule has 220 valence electrons. The minimum absolute atomic E-state index is 0.885. The number of rotatable bonds is 4. The van der Waals surface area contributed by atoms with Crippen LogP contribution in [0.4, 0.5) is 17.1 Å². The van der Waals surface area contributed by atoms with Gasteiger partial charge in [0.2, 0.25) is 0 Å². The Morgan fingerprint density at radius 3 is 1.98 bits per heavy atom. The molecule has 10 aromatic rings. The monoisotopic (exact) mass is 617 g/mol. The zero-order chi connectivity index (χ0) is 30.9. The molecule has 0 aliphatic rings. The summed E-state index contributed by atoms with van der Waals surface area (Å²) in [5.74, 6) is 0. The largest absolute Gasteiger partial charge is 0.454 e. The summed E-state index contributed by atoms with van der Waals surface area (Å²) in [6.45, 7) is 0. The van der Waals surface area contributed by atoms with E-state index >= 15 is 0 Å². The van der Waals surface area contributed by atoms with Crippen molar-refractivity contribution in [2.24, 2.45) is 0 Å². The lowest BCUT2D eigenvalue weighted by Gasteiger charge is -2.26. The molecule has 0 aliphatic carbocycles. The third-order valence-electron chi connectivity index (χ3n) is 9.43. The van der Waals surface area contributed by atoms with Gasteiger partial charge in [0.05, 0.1) is 5.69 Å². The van der Waals surface area contributed by atoms with Gasteiger partial charge < -0.3 is 9.32 Å². The molecular weight excluding hydrogens is 591 g/mol. The Morgan fingerprint density at radius 2 is 1.09 bits per heavy atom. The van der Waals surface area contributed by atoms with Crippen LogP contribution in [0.5, 0.6) is 0 Å². The van der Waals surface area contributed by atoms with E-state index < -0.39 is 0 Å². The second kappa shape index (κ2) is 10.3. The van der Waals surface area contributed by atoms with Crippen LogP contribution in [0.2, 0.25) is 0 Å². The van der Waals surface area contributed by atoms with Crippen molar-refractivity contribution in [1.29, 1.82) is 0 Å². The average molecular weight is 618 g/mol. The van der Waals surface area contributed by atoms with Gasteiger partial charge in [-0.1, -0.05) is 109 Å². The van der Waals surface area contributed by atoms with Crippen molar-refractivity contribution in [3.05, 3.63) is 164 Å². The predicted octanol–water partition coefficient (Wildman–Crippen LogP) is 13.4. The number of thiophene rings is 1. The predicted molar refractivity (Wildman–Crippen MR) is 202 cm³/mol. The molecule has 0 radical (unpaired) electrons. The van der Waals surface area contributed by atoms with Gasteiger partial charge in [0.25, 0.3) is 0 Å². The van der Waals surface area contributed by atoms with Gasteiger partial charge in [-0.15, -0.1) is 11.3 Å². The second-order valence-electron chi connectivity index (χ2n) is 12.1. The summed E-state index contributed by atoms with van der Waals surface area (Å²) >= 11 is 1.84. The molecule has 0 atom stereocenters. The van der Waals surface area contributed by atoms with Crippen LogP contribution < -0.4 is 4.90 Å². The summed E-state index contributed by atoms with van der Waals surface area (Å²) in [6, 6.07) is 59.1. The topological polar surface area (TPSA) is 16.4 Å². The van der Waals surface area contributed by atoms with Crippen molar-refractivity contribution >= 4 is 92.1 Å². The Morgan fingerprint density at radius 1 is 0.404 bits per heavy atom. The van der Waals surface area contributed by atoms with E-state index in [1.165, 1.54) is 52.8 Å². The van der Waals surface area contributed by atoms with E-state index in [0.717, 1.165) is 39.0 Å². The first-order valence-electron chi connectivity index (χ1n) is 15.9. The number of hydrogen-bond acceptors (Lipinski definition) is 3. The molecular formula is C44H27NOS. The highest BCUT2D eigenvalue weighted by molar-refractivity contribution is 7.25. The number of anilines is 3. The molecule has 8 aromatic carbocycles. The molecule has 2 nitrogen and oxygen atoms in total. The van der Waals surface area contributed by atoms with Gasteiger partial charge >= 0.3 is 0 Å². The minimum atomic E-state index is 0.885.